The van der Waals surface area contributed by atoms with Crippen LogP contribution in [-0.2, 0) is 14.3 Å². The molecule has 7 nitrogen and oxygen atoms in total. The molecule has 1 saturated heterocycles. The summed E-state index contributed by atoms with van der Waals surface area (Å²) >= 11 is 0. The largest absolute Gasteiger partial charge is 0.444 e. The second-order valence-electron chi connectivity index (χ2n) is 7.71. The highest BCUT2D eigenvalue weighted by atomic mass is 16.6. The summed E-state index contributed by atoms with van der Waals surface area (Å²) in [7, 11) is 0. The Bertz CT molecular complexity index is 721. The Morgan fingerprint density at radius 3 is 2.42 bits per heavy atom. The molecule has 1 heterocycles. The number of benzene rings is 1. The normalized spacial score (nSPS) is 19.2. The van der Waals surface area contributed by atoms with Crippen molar-refractivity contribution in [2.24, 2.45) is 0 Å². The van der Waals surface area contributed by atoms with Gasteiger partial charge in [-0.05, 0) is 53.7 Å². The van der Waals surface area contributed by atoms with Gasteiger partial charge in [0.25, 0.3) is 0 Å². The highest BCUT2D eigenvalue weighted by molar-refractivity contribution is 6.05. The van der Waals surface area contributed by atoms with Crippen LogP contribution in [-0.4, -0.2) is 46.7 Å². The van der Waals surface area contributed by atoms with Gasteiger partial charge in [0.1, 0.15) is 17.4 Å². The zero-order valence-electron chi connectivity index (χ0n) is 16.1. The molecule has 1 aromatic carbocycles. The van der Waals surface area contributed by atoms with Gasteiger partial charge in [-0.15, -0.1) is 0 Å². The van der Waals surface area contributed by atoms with Crippen molar-refractivity contribution in [2.45, 2.75) is 58.9 Å². The number of para-hydroxylation sites is 1. The number of carbonyl (C=O) groups is 3. The summed E-state index contributed by atoms with van der Waals surface area (Å²) in [5, 5.41) is 2.73. The number of nitrogens with one attached hydrogen (secondary N) is 1. The van der Waals surface area contributed by atoms with Crippen LogP contribution in [0.25, 0.3) is 0 Å². The van der Waals surface area contributed by atoms with Gasteiger partial charge in [-0.2, -0.15) is 0 Å². The molecule has 0 spiro atoms. The fourth-order valence-electron chi connectivity index (χ4n) is 2.77. The average Bonchev–Trinajstić information content (AvgIpc) is 2.81. The molecule has 26 heavy (non-hydrogen) atoms. The van der Waals surface area contributed by atoms with Gasteiger partial charge in [-0.3, -0.25) is 14.5 Å². The van der Waals surface area contributed by atoms with Crippen molar-refractivity contribution in [2.75, 3.05) is 11.9 Å². The molecule has 0 saturated carbocycles. The average molecular weight is 362 g/mol. The molecule has 1 fully saturated rings. The number of amides is 2. The molecule has 1 atom stereocenters. The van der Waals surface area contributed by atoms with Gasteiger partial charge >= 0.3 is 6.09 Å². The molecule has 0 radical (unpaired) electrons. The van der Waals surface area contributed by atoms with E-state index in [1.165, 1.54) is 11.8 Å². The Morgan fingerprint density at radius 2 is 1.85 bits per heavy atom. The molecule has 2 amide bonds. The standard InChI is InChI=1S/C19H26N2O5/c1-12(22)13-9-7-8-10-14(13)20-16(23)15-11-25-19(5,6)21(15)17(24)26-18(2,3)4/h7-10,15H,11H2,1-6H3,(H,20,23)/t15-/m1/s1. The molecule has 0 aromatic heterocycles. The molecule has 2 rings (SSSR count). The fourth-order valence-corrected chi connectivity index (χ4v) is 2.77. The Hall–Kier alpha value is -2.41. The van der Waals surface area contributed by atoms with Crippen LogP contribution >= 0.6 is 0 Å². The molecule has 0 aliphatic carbocycles. The second-order valence-corrected chi connectivity index (χ2v) is 7.71. The number of rotatable bonds is 3. The first-order valence-corrected chi connectivity index (χ1v) is 8.49. The van der Waals surface area contributed by atoms with Gasteiger partial charge in [0.15, 0.2) is 5.78 Å². The van der Waals surface area contributed by atoms with Gasteiger partial charge in [-0.25, -0.2) is 4.79 Å². The summed E-state index contributed by atoms with van der Waals surface area (Å²) in [6.45, 7) is 10.1. The monoisotopic (exact) mass is 362 g/mol. The first-order chi connectivity index (χ1) is 11.9. The number of Topliss-reactive ketones (excluding diaryl/α,β-unsaturated/α-hetero) is 1. The minimum Gasteiger partial charge on any atom is -0.444 e. The van der Waals surface area contributed by atoms with Crippen molar-refractivity contribution >= 4 is 23.5 Å². The molecule has 7 heteroatoms. The second kappa shape index (κ2) is 7.07. The number of ether oxygens (including phenoxy) is 2. The van der Waals surface area contributed by atoms with Crippen LogP contribution < -0.4 is 5.32 Å². The summed E-state index contributed by atoms with van der Waals surface area (Å²) in [5.41, 5.74) is -0.871. The van der Waals surface area contributed by atoms with Crippen LogP contribution in [0.3, 0.4) is 0 Å². The maximum absolute atomic E-state index is 12.8. The van der Waals surface area contributed by atoms with Crippen molar-refractivity contribution in [1.82, 2.24) is 4.90 Å². The number of anilines is 1. The van der Waals surface area contributed by atoms with Crippen molar-refractivity contribution < 1.29 is 23.9 Å². The Balaban J connectivity index is 2.24. The van der Waals surface area contributed by atoms with Crippen LogP contribution in [0.4, 0.5) is 10.5 Å². The van der Waals surface area contributed by atoms with Crippen LogP contribution in [0, 0.1) is 0 Å². The lowest BCUT2D eigenvalue weighted by Crippen LogP contribution is -2.53. The first kappa shape index (κ1) is 19.9. The van der Waals surface area contributed by atoms with E-state index in [2.05, 4.69) is 5.32 Å². The van der Waals surface area contributed by atoms with E-state index >= 15 is 0 Å². The third-order valence-corrected chi connectivity index (χ3v) is 3.94. The summed E-state index contributed by atoms with van der Waals surface area (Å²) in [6, 6.07) is 5.87. The molecule has 0 unspecified atom stereocenters. The van der Waals surface area contributed by atoms with Crippen molar-refractivity contribution in [3.63, 3.8) is 0 Å². The minimum absolute atomic E-state index is 0.0420. The van der Waals surface area contributed by atoms with E-state index in [4.69, 9.17) is 9.47 Å². The molecule has 142 valence electrons. The minimum atomic E-state index is -0.982. The Kier molecular flexibility index (Phi) is 5.41. The van der Waals surface area contributed by atoms with E-state index in [0.717, 1.165) is 0 Å². The maximum Gasteiger partial charge on any atom is 0.413 e. The molecule has 1 aromatic rings. The number of nitrogens with zero attached hydrogens (tertiary/aromatic N) is 1. The van der Waals surface area contributed by atoms with Crippen LogP contribution in [0.15, 0.2) is 24.3 Å². The van der Waals surface area contributed by atoms with E-state index in [1.54, 1.807) is 58.9 Å². The summed E-state index contributed by atoms with van der Waals surface area (Å²) in [5.74, 6) is -0.594. The number of carbonyl (C=O) groups excluding carboxylic acids is 3. The lowest BCUT2D eigenvalue weighted by molar-refractivity contribution is -0.121. The predicted octanol–water partition coefficient (Wildman–Crippen LogP) is 3.20. The van der Waals surface area contributed by atoms with Gasteiger partial charge in [0, 0.05) is 5.56 Å². The Morgan fingerprint density at radius 1 is 1.23 bits per heavy atom. The lowest BCUT2D eigenvalue weighted by atomic mass is 10.1. The quantitative estimate of drug-likeness (QED) is 0.835. The van der Waals surface area contributed by atoms with E-state index in [-0.39, 0.29) is 12.4 Å². The zero-order valence-corrected chi connectivity index (χ0v) is 16.1. The van der Waals surface area contributed by atoms with Crippen molar-refractivity contribution in [3.8, 4) is 0 Å². The molecular formula is C19H26N2O5. The predicted molar refractivity (Wildman–Crippen MR) is 97.0 cm³/mol. The Labute approximate surface area is 153 Å². The summed E-state index contributed by atoms with van der Waals surface area (Å²) < 4.78 is 11.1. The number of ketones is 1. The molecule has 1 aliphatic heterocycles. The lowest BCUT2D eigenvalue weighted by Gasteiger charge is -2.34. The molecule has 1 N–H and O–H groups in total. The van der Waals surface area contributed by atoms with Crippen LogP contribution in [0.5, 0.6) is 0 Å². The van der Waals surface area contributed by atoms with Crippen LogP contribution in [0.2, 0.25) is 0 Å². The maximum atomic E-state index is 12.8. The van der Waals surface area contributed by atoms with Gasteiger partial charge in [-0.1, -0.05) is 12.1 Å². The van der Waals surface area contributed by atoms with Crippen LogP contribution in [0.1, 0.15) is 51.9 Å². The zero-order chi connectivity index (χ0) is 19.7. The highest BCUT2D eigenvalue weighted by Gasteiger charge is 2.48. The third-order valence-electron chi connectivity index (χ3n) is 3.94. The number of hydrogen-bond donors (Lipinski definition) is 1. The van der Waals surface area contributed by atoms with E-state index < -0.39 is 29.4 Å². The van der Waals surface area contributed by atoms with E-state index in [0.29, 0.717) is 11.3 Å². The van der Waals surface area contributed by atoms with Gasteiger partial charge in [0.2, 0.25) is 5.91 Å². The number of hydrogen-bond acceptors (Lipinski definition) is 5. The van der Waals surface area contributed by atoms with Crippen molar-refractivity contribution in [3.05, 3.63) is 29.8 Å². The SMILES string of the molecule is CC(=O)c1ccccc1NC(=O)[C@H]1COC(C)(C)N1C(=O)OC(C)(C)C. The van der Waals surface area contributed by atoms with E-state index in [1.807, 2.05) is 0 Å². The van der Waals surface area contributed by atoms with Crippen molar-refractivity contribution in [1.29, 1.82) is 0 Å². The summed E-state index contributed by atoms with van der Waals surface area (Å²) in [6.07, 6.45) is -0.625. The molecule has 1 aliphatic rings. The van der Waals surface area contributed by atoms with Gasteiger partial charge < -0.3 is 14.8 Å². The topological polar surface area (TPSA) is 84.9 Å². The summed E-state index contributed by atoms with van der Waals surface area (Å²) in [4.78, 5) is 38.5. The fraction of sp³-hybridized carbons (Fsp3) is 0.526. The highest BCUT2D eigenvalue weighted by Crippen LogP contribution is 2.30. The first-order valence-electron chi connectivity index (χ1n) is 8.49. The third kappa shape index (κ3) is 4.40. The van der Waals surface area contributed by atoms with E-state index in [9.17, 15) is 14.4 Å². The molecular weight excluding hydrogens is 336 g/mol. The van der Waals surface area contributed by atoms with Gasteiger partial charge in [0.05, 0.1) is 12.3 Å². The molecule has 0 bridgehead atoms. The smallest absolute Gasteiger partial charge is 0.413 e.